The van der Waals surface area contributed by atoms with E-state index < -0.39 is 39.0 Å². The quantitative estimate of drug-likeness (QED) is 0.407. The van der Waals surface area contributed by atoms with Crippen LogP contribution in [0.2, 0.25) is 0 Å². The Balaban J connectivity index is 1.45. The number of hydrogen-bond donors (Lipinski definition) is 1. The molecular weight excluding hydrogens is 583 g/mol. The van der Waals surface area contributed by atoms with Crippen LogP contribution in [-0.2, 0) is 20.8 Å². The molecule has 0 unspecified atom stereocenters. The zero-order valence-corrected chi connectivity index (χ0v) is 24.0. The van der Waals surface area contributed by atoms with Gasteiger partial charge in [-0.05, 0) is 43.9 Å². The van der Waals surface area contributed by atoms with Gasteiger partial charge in [-0.15, -0.1) is 0 Å². The van der Waals surface area contributed by atoms with Gasteiger partial charge in [0.1, 0.15) is 22.7 Å². The van der Waals surface area contributed by atoms with Crippen molar-refractivity contribution in [3.8, 4) is 28.9 Å². The third-order valence-electron chi connectivity index (χ3n) is 8.57. The lowest BCUT2D eigenvalue weighted by atomic mass is 9.76. The number of benzene rings is 1. The maximum Gasteiger partial charge on any atom is 0.416 e. The van der Waals surface area contributed by atoms with Crippen molar-refractivity contribution >= 4 is 21.4 Å². The number of aromatic nitrogens is 2. The molecule has 1 saturated heterocycles. The molecule has 2 aromatic heterocycles. The average Bonchev–Trinajstić information content (AvgIpc) is 3.63. The minimum atomic E-state index is -4.59. The van der Waals surface area contributed by atoms with Crippen LogP contribution in [0.4, 0.5) is 18.9 Å². The smallest absolute Gasteiger partial charge is 0.416 e. The van der Waals surface area contributed by atoms with Crippen molar-refractivity contribution in [3.63, 3.8) is 0 Å². The van der Waals surface area contributed by atoms with Gasteiger partial charge in [0.05, 0.1) is 23.1 Å². The number of nitrogens with one attached hydrogen (secondary N) is 1. The Labute approximate surface area is 247 Å². The van der Waals surface area contributed by atoms with E-state index in [-0.39, 0.29) is 42.1 Å². The molecule has 226 valence electrons. The van der Waals surface area contributed by atoms with E-state index in [0.717, 1.165) is 31.2 Å². The first kappa shape index (κ1) is 29.2. The molecule has 43 heavy (non-hydrogen) atoms. The number of anilines is 1. The molecule has 2 aliphatic carbocycles. The van der Waals surface area contributed by atoms with E-state index in [2.05, 4.69) is 16.4 Å². The predicted molar refractivity (Wildman–Crippen MR) is 151 cm³/mol. The maximum atomic E-state index is 13.6. The number of carbonyl (C=O) groups excluding carboxylic acids is 1. The lowest BCUT2D eigenvalue weighted by molar-refractivity contribution is -0.137. The Bertz CT molecular complexity index is 1680. The molecule has 1 aliphatic heterocycles. The van der Waals surface area contributed by atoms with Gasteiger partial charge in [0.15, 0.2) is 9.84 Å². The lowest BCUT2D eigenvalue weighted by Gasteiger charge is -2.32. The first-order valence-corrected chi connectivity index (χ1v) is 16.1. The molecule has 13 heteroatoms. The van der Waals surface area contributed by atoms with Gasteiger partial charge in [0, 0.05) is 42.4 Å². The first-order chi connectivity index (χ1) is 20.5. The van der Waals surface area contributed by atoms with Gasteiger partial charge in [-0.1, -0.05) is 31.0 Å². The normalized spacial score (nSPS) is 22.9. The van der Waals surface area contributed by atoms with Crippen molar-refractivity contribution in [2.45, 2.75) is 56.2 Å². The second kappa shape index (κ2) is 11.0. The standard InChI is InChI=1S/C30H30F3N5O4S/c31-30(32,33)19-9-12-35-23(17-19)28-36-25(22-7-3-4-8-24(22)38-13-15-43(40,41)16-14-38)26(42-28)20-5-1-2-6-21(20)27(39)37-29(18-34)10-11-29/h3-4,7-9,12,17,20-21H,1-2,5-6,10-11,13-16H2,(H,37,39)/t20-,21-/m1/s1. The van der Waals surface area contributed by atoms with Crippen LogP contribution in [0.15, 0.2) is 47.0 Å². The summed E-state index contributed by atoms with van der Waals surface area (Å²) in [5, 5.41) is 12.5. The first-order valence-electron chi connectivity index (χ1n) is 14.3. The molecule has 9 nitrogen and oxygen atoms in total. The summed E-state index contributed by atoms with van der Waals surface area (Å²) in [6.07, 6.45) is 0.384. The van der Waals surface area contributed by atoms with Crippen LogP contribution < -0.4 is 10.2 Å². The zero-order valence-electron chi connectivity index (χ0n) is 23.2. The van der Waals surface area contributed by atoms with Crippen molar-refractivity contribution in [1.29, 1.82) is 5.26 Å². The summed E-state index contributed by atoms with van der Waals surface area (Å²) in [6, 6.07) is 11.2. The third kappa shape index (κ3) is 5.98. The van der Waals surface area contributed by atoms with Crippen LogP contribution in [-0.4, -0.2) is 54.4 Å². The van der Waals surface area contributed by atoms with E-state index in [9.17, 15) is 31.6 Å². The number of rotatable bonds is 6. The largest absolute Gasteiger partial charge is 0.439 e. The SMILES string of the molecule is N#CC1(NC(=O)[C@@H]2CCCC[C@H]2c2oc(-c3cc(C(F)(F)F)ccn3)nc2-c2ccccc2N2CCS(=O)(=O)CC2)CC1. The number of sulfone groups is 1. The van der Waals surface area contributed by atoms with Crippen LogP contribution in [0, 0.1) is 17.2 Å². The maximum absolute atomic E-state index is 13.6. The summed E-state index contributed by atoms with van der Waals surface area (Å²) in [5.74, 6) is -0.962. The number of nitriles is 1. The van der Waals surface area contributed by atoms with Crippen LogP contribution >= 0.6 is 0 Å². The van der Waals surface area contributed by atoms with Gasteiger partial charge in [-0.25, -0.2) is 13.4 Å². The van der Waals surface area contributed by atoms with Crippen molar-refractivity contribution in [1.82, 2.24) is 15.3 Å². The molecule has 6 rings (SSSR count). The second-order valence-electron chi connectivity index (χ2n) is 11.5. The molecule has 1 aromatic carbocycles. The van der Waals surface area contributed by atoms with Gasteiger partial charge >= 0.3 is 6.18 Å². The third-order valence-corrected chi connectivity index (χ3v) is 10.2. The second-order valence-corrected chi connectivity index (χ2v) is 13.8. The molecule has 1 N–H and O–H groups in total. The summed E-state index contributed by atoms with van der Waals surface area (Å²) in [5.41, 5.74) is -0.119. The summed E-state index contributed by atoms with van der Waals surface area (Å²) in [7, 11) is -3.15. The number of hydrogen-bond acceptors (Lipinski definition) is 8. The van der Waals surface area contributed by atoms with Crippen LogP contribution in [0.5, 0.6) is 0 Å². The molecule has 3 aliphatic rings. The minimum absolute atomic E-state index is 0.00206. The molecule has 0 spiro atoms. The minimum Gasteiger partial charge on any atom is -0.439 e. The fourth-order valence-corrected chi connectivity index (χ4v) is 7.19. The number of alkyl halides is 3. The molecule has 3 heterocycles. The van der Waals surface area contributed by atoms with E-state index in [4.69, 9.17) is 9.40 Å². The molecule has 3 fully saturated rings. The van der Waals surface area contributed by atoms with E-state index in [1.165, 1.54) is 0 Å². The number of carbonyl (C=O) groups is 1. The molecule has 0 radical (unpaired) electrons. The predicted octanol–water partition coefficient (Wildman–Crippen LogP) is 5.10. The highest BCUT2D eigenvalue weighted by molar-refractivity contribution is 7.91. The number of pyridine rings is 1. The highest BCUT2D eigenvalue weighted by Gasteiger charge is 2.47. The molecule has 2 atom stereocenters. The lowest BCUT2D eigenvalue weighted by Crippen LogP contribution is -2.42. The van der Waals surface area contributed by atoms with Crippen LogP contribution in [0.3, 0.4) is 0 Å². The number of para-hydroxylation sites is 1. The van der Waals surface area contributed by atoms with Crippen molar-refractivity contribution in [3.05, 3.63) is 53.9 Å². The highest BCUT2D eigenvalue weighted by atomic mass is 32.2. The van der Waals surface area contributed by atoms with Crippen LogP contribution in [0.1, 0.15) is 55.8 Å². The molecule has 1 amide bonds. The number of nitrogens with zero attached hydrogens (tertiary/aromatic N) is 4. The average molecular weight is 614 g/mol. The Morgan fingerprint density at radius 3 is 2.53 bits per heavy atom. The number of halogens is 3. The molecule has 0 bridgehead atoms. The zero-order chi connectivity index (χ0) is 30.4. The fourth-order valence-electron chi connectivity index (χ4n) is 5.99. The van der Waals surface area contributed by atoms with Crippen molar-refractivity contribution < 1.29 is 30.8 Å². The van der Waals surface area contributed by atoms with Gasteiger partial charge in [0.25, 0.3) is 0 Å². The van der Waals surface area contributed by atoms with Crippen molar-refractivity contribution in [2.75, 3.05) is 29.5 Å². The Kier molecular flexibility index (Phi) is 7.44. The van der Waals surface area contributed by atoms with E-state index in [0.29, 0.717) is 48.4 Å². The number of amides is 1. The van der Waals surface area contributed by atoms with Gasteiger partial charge in [-0.2, -0.15) is 18.4 Å². The summed E-state index contributed by atoms with van der Waals surface area (Å²) < 4.78 is 71.2. The van der Waals surface area contributed by atoms with Gasteiger partial charge in [-0.3, -0.25) is 9.78 Å². The molecule has 2 saturated carbocycles. The Hall–Kier alpha value is -3.92. The number of oxazole rings is 1. The van der Waals surface area contributed by atoms with E-state index in [1.54, 1.807) is 6.07 Å². The molecular formula is C30H30F3N5O4S. The molecule has 3 aromatic rings. The van der Waals surface area contributed by atoms with E-state index in [1.807, 2.05) is 23.1 Å². The summed E-state index contributed by atoms with van der Waals surface area (Å²) >= 11 is 0. The topological polar surface area (TPSA) is 129 Å². The van der Waals surface area contributed by atoms with Gasteiger partial charge in [0.2, 0.25) is 11.8 Å². The highest BCUT2D eigenvalue weighted by Crippen LogP contribution is 2.46. The summed E-state index contributed by atoms with van der Waals surface area (Å²) in [4.78, 5) is 24.3. The van der Waals surface area contributed by atoms with Gasteiger partial charge < -0.3 is 14.6 Å². The monoisotopic (exact) mass is 613 g/mol. The fraction of sp³-hybridized carbons (Fsp3) is 0.467. The summed E-state index contributed by atoms with van der Waals surface area (Å²) in [6.45, 7) is 0.554. The Morgan fingerprint density at radius 1 is 1.12 bits per heavy atom. The van der Waals surface area contributed by atoms with Crippen molar-refractivity contribution in [2.24, 2.45) is 5.92 Å². The van der Waals surface area contributed by atoms with E-state index >= 15 is 0 Å². The van der Waals surface area contributed by atoms with Crippen LogP contribution in [0.25, 0.3) is 22.8 Å². The Morgan fingerprint density at radius 2 is 1.84 bits per heavy atom.